The highest BCUT2D eigenvalue weighted by Gasteiger charge is 2.14. The van der Waals surface area contributed by atoms with E-state index in [1.807, 2.05) is 19.9 Å². The van der Waals surface area contributed by atoms with Crippen molar-refractivity contribution in [1.29, 1.82) is 0 Å². The standard InChI is InChI=1S/C13H21N3O3/c1-5-19-13(18)9-15(4)12(17)6-7-16-11(3)8-10(2)14-16/h8H,5-7,9H2,1-4H3. The molecule has 0 saturated heterocycles. The molecule has 0 saturated carbocycles. The van der Waals surface area contributed by atoms with Gasteiger partial charge in [-0.25, -0.2) is 0 Å². The van der Waals surface area contributed by atoms with E-state index in [4.69, 9.17) is 4.74 Å². The normalized spacial score (nSPS) is 10.3. The van der Waals surface area contributed by atoms with Gasteiger partial charge in [-0.05, 0) is 26.8 Å². The second kappa shape index (κ2) is 6.92. The largest absolute Gasteiger partial charge is 0.465 e. The number of aromatic nitrogens is 2. The van der Waals surface area contributed by atoms with Crippen molar-refractivity contribution in [3.63, 3.8) is 0 Å². The van der Waals surface area contributed by atoms with Crippen LogP contribution in [0.4, 0.5) is 0 Å². The van der Waals surface area contributed by atoms with E-state index in [0.29, 0.717) is 19.6 Å². The number of hydrogen-bond donors (Lipinski definition) is 0. The van der Waals surface area contributed by atoms with Gasteiger partial charge < -0.3 is 9.64 Å². The number of rotatable bonds is 6. The Bertz CT molecular complexity index is 454. The van der Waals surface area contributed by atoms with E-state index in [0.717, 1.165) is 11.4 Å². The highest BCUT2D eigenvalue weighted by molar-refractivity contribution is 5.81. The lowest BCUT2D eigenvalue weighted by Gasteiger charge is -2.16. The Morgan fingerprint density at radius 2 is 2.11 bits per heavy atom. The summed E-state index contributed by atoms with van der Waals surface area (Å²) in [5.41, 5.74) is 1.96. The molecule has 6 nitrogen and oxygen atoms in total. The van der Waals surface area contributed by atoms with Gasteiger partial charge in [-0.2, -0.15) is 5.10 Å². The molecule has 0 bridgehead atoms. The SMILES string of the molecule is CCOC(=O)CN(C)C(=O)CCn1nc(C)cc1C. The lowest BCUT2D eigenvalue weighted by Crippen LogP contribution is -2.33. The molecule has 106 valence electrons. The highest BCUT2D eigenvalue weighted by atomic mass is 16.5. The zero-order valence-corrected chi connectivity index (χ0v) is 12.0. The highest BCUT2D eigenvalue weighted by Crippen LogP contribution is 2.03. The van der Waals surface area contributed by atoms with E-state index < -0.39 is 0 Å². The average molecular weight is 267 g/mol. The minimum atomic E-state index is -0.385. The van der Waals surface area contributed by atoms with Gasteiger partial charge in [0.25, 0.3) is 0 Å². The van der Waals surface area contributed by atoms with Gasteiger partial charge in [0.2, 0.25) is 5.91 Å². The second-order valence-corrected chi connectivity index (χ2v) is 4.46. The third-order valence-corrected chi connectivity index (χ3v) is 2.74. The maximum absolute atomic E-state index is 11.9. The lowest BCUT2D eigenvalue weighted by atomic mass is 10.3. The quantitative estimate of drug-likeness (QED) is 0.719. The number of hydrogen-bond acceptors (Lipinski definition) is 4. The molecule has 0 N–H and O–H groups in total. The van der Waals surface area contributed by atoms with Gasteiger partial charge in [0.1, 0.15) is 6.54 Å². The summed E-state index contributed by atoms with van der Waals surface area (Å²) in [7, 11) is 1.60. The Morgan fingerprint density at radius 3 is 2.63 bits per heavy atom. The van der Waals surface area contributed by atoms with E-state index in [1.54, 1.807) is 18.7 Å². The number of aryl methyl sites for hydroxylation is 3. The number of carbonyl (C=O) groups is 2. The molecule has 1 heterocycles. The van der Waals surface area contributed by atoms with E-state index >= 15 is 0 Å². The monoisotopic (exact) mass is 267 g/mol. The lowest BCUT2D eigenvalue weighted by molar-refractivity contribution is -0.148. The van der Waals surface area contributed by atoms with Crippen molar-refractivity contribution >= 4 is 11.9 Å². The molecule has 1 amide bonds. The molecule has 0 unspecified atom stereocenters. The molecular formula is C13H21N3O3. The van der Waals surface area contributed by atoms with Crippen molar-refractivity contribution < 1.29 is 14.3 Å². The maximum atomic E-state index is 11.9. The fraction of sp³-hybridized carbons (Fsp3) is 0.615. The molecule has 19 heavy (non-hydrogen) atoms. The molecule has 0 aromatic carbocycles. The Morgan fingerprint density at radius 1 is 1.42 bits per heavy atom. The average Bonchev–Trinajstić information content (AvgIpc) is 2.64. The Hall–Kier alpha value is -1.85. The fourth-order valence-corrected chi connectivity index (χ4v) is 1.78. The summed E-state index contributed by atoms with van der Waals surface area (Å²) in [6, 6.07) is 1.97. The van der Waals surface area contributed by atoms with Crippen LogP contribution in [0, 0.1) is 13.8 Å². The molecule has 0 aliphatic carbocycles. The summed E-state index contributed by atoms with van der Waals surface area (Å²) >= 11 is 0. The summed E-state index contributed by atoms with van der Waals surface area (Å²) in [6.45, 7) is 6.44. The van der Waals surface area contributed by atoms with Crippen LogP contribution in [0.1, 0.15) is 24.7 Å². The number of amides is 1. The van der Waals surface area contributed by atoms with Crippen molar-refractivity contribution in [3.8, 4) is 0 Å². The molecular weight excluding hydrogens is 246 g/mol. The van der Waals surface area contributed by atoms with Crippen LogP contribution < -0.4 is 0 Å². The zero-order chi connectivity index (χ0) is 14.4. The van der Waals surface area contributed by atoms with E-state index in [-0.39, 0.29) is 18.4 Å². The molecule has 0 radical (unpaired) electrons. The van der Waals surface area contributed by atoms with Crippen LogP contribution in [-0.2, 0) is 20.9 Å². The van der Waals surface area contributed by atoms with Gasteiger partial charge >= 0.3 is 5.97 Å². The van der Waals surface area contributed by atoms with Crippen molar-refractivity contribution in [1.82, 2.24) is 14.7 Å². The first-order valence-corrected chi connectivity index (χ1v) is 6.34. The van der Waals surface area contributed by atoms with E-state index in [2.05, 4.69) is 5.10 Å². The molecule has 1 aromatic heterocycles. The Labute approximate surface area is 113 Å². The minimum absolute atomic E-state index is 0.0101. The van der Waals surface area contributed by atoms with Crippen LogP contribution in [0.2, 0.25) is 0 Å². The first-order chi connectivity index (χ1) is 8.93. The van der Waals surface area contributed by atoms with Gasteiger partial charge in [0.15, 0.2) is 0 Å². The molecule has 0 aliphatic heterocycles. The number of ether oxygens (including phenoxy) is 1. The smallest absolute Gasteiger partial charge is 0.325 e. The third-order valence-electron chi connectivity index (χ3n) is 2.74. The van der Waals surface area contributed by atoms with Crippen molar-refractivity contribution in [3.05, 3.63) is 17.5 Å². The summed E-state index contributed by atoms with van der Waals surface area (Å²) < 4.78 is 6.59. The number of nitrogens with zero attached hydrogens (tertiary/aromatic N) is 3. The molecule has 0 aliphatic rings. The van der Waals surface area contributed by atoms with Crippen LogP contribution in [-0.4, -0.2) is 46.8 Å². The second-order valence-electron chi connectivity index (χ2n) is 4.46. The Balaban J connectivity index is 2.42. The molecule has 0 atom stereocenters. The van der Waals surface area contributed by atoms with Crippen molar-refractivity contribution in [2.45, 2.75) is 33.7 Å². The molecule has 0 spiro atoms. The van der Waals surface area contributed by atoms with E-state index in [9.17, 15) is 9.59 Å². The summed E-state index contributed by atoms with van der Waals surface area (Å²) in [5, 5.41) is 4.29. The minimum Gasteiger partial charge on any atom is -0.465 e. The number of likely N-dealkylation sites (N-methyl/N-ethyl adjacent to an activating group) is 1. The fourth-order valence-electron chi connectivity index (χ4n) is 1.78. The van der Waals surface area contributed by atoms with Crippen LogP contribution in [0.15, 0.2) is 6.07 Å². The molecule has 1 rings (SSSR count). The maximum Gasteiger partial charge on any atom is 0.325 e. The topological polar surface area (TPSA) is 64.4 Å². The predicted octanol–water partition coefficient (Wildman–Crippen LogP) is 0.912. The van der Waals surface area contributed by atoms with Gasteiger partial charge in [-0.1, -0.05) is 0 Å². The first kappa shape index (κ1) is 15.2. The number of esters is 1. The van der Waals surface area contributed by atoms with Crippen molar-refractivity contribution in [2.24, 2.45) is 0 Å². The van der Waals surface area contributed by atoms with Gasteiger partial charge in [0, 0.05) is 25.7 Å². The predicted molar refractivity (Wildman–Crippen MR) is 70.6 cm³/mol. The summed E-state index contributed by atoms with van der Waals surface area (Å²) in [4.78, 5) is 24.5. The zero-order valence-electron chi connectivity index (χ0n) is 12.0. The molecule has 6 heteroatoms. The van der Waals surface area contributed by atoms with Crippen molar-refractivity contribution in [2.75, 3.05) is 20.2 Å². The summed E-state index contributed by atoms with van der Waals surface area (Å²) in [5.74, 6) is -0.481. The van der Waals surface area contributed by atoms with E-state index in [1.165, 1.54) is 4.90 Å². The van der Waals surface area contributed by atoms with Gasteiger partial charge in [0.05, 0.1) is 12.3 Å². The first-order valence-electron chi connectivity index (χ1n) is 6.34. The third kappa shape index (κ3) is 4.73. The van der Waals surface area contributed by atoms with Crippen LogP contribution in [0.3, 0.4) is 0 Å². The summed E-state index contributed by atoms with van der Waals surface area (Å²) in [6.07, 6.45) is 0.317. The van der Waals surface area contributed by atoms with Gasteiger partial charge in [-0.15, -0.1) is 0 Å². The van der Waals surface area contributed by atoms with Crippen LogP contribution in [0.5, 0.6) is 0 Å². The Kier molecular flexibility index (Phi) is 5.54. The molecule has 0 fully saturated rings. The van der Waals surface area contributed by atoms with Crippen LogP contribution in [0.25, 0.3) is 0 Å². The molecule has 1 aromatic rings. The van der Waals surface area contributed by atoms with Crippen LogP contribution >= 0.6 is 0 Å². The number of carbonyl (C=O) groups excluding carboxylic acids is 2. The van der Waals surface area contributed by atoms with Gasteiger partial charge in [-0.3, -0.25) is 14.3 Å².